The molecule has 0 spiro atoms. The molecule has 4 aromatic rings. The molecule has 0 saturated carbocycles. The number of ether oxygens (including phenoxy) is 2. The molecule has 1 N–H and O–H groups in total. The minimum absolute atomic E-state index is 0.0730. The maximum absolute atomic E-state index is 12.8. The number of carbonyl (C=O) groups is 1. The molecular weight excluding hydrogens is 460 g/mol. The van der Waals surface area contributed by atoms with Crippen LogP contribution in [0.3, 0.4) is 0 Å². The van der Waals surface area contributed by atoms with Crippen molar-refractivity contribution in [1.29, 1.82) is 5.26 Å². The van der Waals surface area contributed by atoms with Crippen LogP contribution in [0.4, 0.5) is 5.69 Å². The Hall–Kier alpha value is -4.27. The van der Waals surface area contributed by atoms with E-state index >= 15 is 0 Å². The second kappa shape index (κ2) is 11.2. The summed E-state index contributed by atoms with van der Waals surface area (Å²) in [4.78, 5) is 12.8. The first-order valence-electron chi connectivity index (χ1n) is 11.1. The summed E-state index contributed by atoms with van der Waals surface area (Å²) in [7, 11) is 0. The van der Waals surface area contributed by atoms with Crippen molar-refractivity contribution in [2.75, 3.05) is 11.9 Å². The van der Waals surface area contributed by atoms with Crippen LogP contribution in [-0.4, -0.2) is 12.5 Å². The van der Waals surface area contributed by atoms with Gasteiger partial charge >= 0.3 is 0 Å². The fraction of sp³-hybridized carbons (Fsp3) is 0.103. The molecule has 0 aliphatic carbocycles. The SMILES string of the molecule is CCOc1ccc(NC(=O)/C(C#N)=C/c2cc(Cl)ccc2OCc2cccc3ccccc23)cc1. The molecule has 0 heterocycles. The normalized spacial score (nSPS) is 11.1. The molecule has 4 aromatic carbocycles. The Morgan fingerprint density at radius 3 is 2.54 bits per heavy atom. The Kier molecular flexibility index (Phi) is 7.67. The summed E-state index contributed by atoms with van der Waals surface area (Å²) in [6.45, 7) is 2.77. The van der Waals surface area contributed by atoms with E-state index in [1.165, 1.54) is 6.08 Å². The Bertz CT molecular complexity index is 1420. The molecule has 0 aliphatic rings. The Balaban J connectivity index is 1.55. The van der Waals surface area contributed by atoms with Gasteiger partial charge in [-0.25, -0.2) is 0 Å². The van der Waals surface area contributed by atoms with Crippen LogP contribution in [0.25, 0.3) is 16.8 Å². The lowest BCUT2D eigenvalue weighted by atomic mass is 10.1. The van der Waals surface area contributed by atoms with E-state index in [0.717, 1.165) is 16.3 Å². The molecule has 5 nitrogen and oxygen atoms in total. The molecule has 0 bridgehead atoms. The molecule has 4 rings (SSSR count). The fourth-order valence-electron chi connectivity index (χ4n) is 3.64. The van der Waals surface area contributed by atoms with E-state index in [1.807, 2.05) is 37.3 Å². The topological polar surface area (TPSA) is 71.3 Å². The van der Waals surface area contributed by atoms with E-state index in [4.69, 9.17) is 21.1 Å². The predicted molar refractivity (Wildman–Crippen MR) is 140 cm³/mol. The van der Waals surface area contributed by atoms with Gasteiger partial charge in [-0.3, -0.25) is 4.79 Å². The van der Waals surface area contributed by atoms with Crippen LogP contribution in [-0.2, 0) is 11.4 Å². The third-order valence-electron chi connectivity index (χ3n) is 5.32. The van der Waals surface area contributed by atoms with Crippen molar-refractivity contribution in [3.8, 4) is 17.6 Å². The van der Waals surface area contributed by atoms with Crippen molar-refractivity contribution in [1.82, 2.24) is 0 Å². The number of amides is 1. The second-order valence-corrected chi connectivity index (χ2v) is 8.13. The zero-order valence-corrected chi connectivity index (χ0v) is 19.9. The lowest BCUT2D eigenvalue weighted by Crippen LogP contribution is -2.13. The average Bonchev–Trinajstić information content (AvgIpc) is 2.88. The summed E-state index contributed by atoms with van der Waals surface area (Å²) >= 11 is 6.21. The van der Waals surface area contributed by atoms with Gasteiger partial charge in [0.15, 0.2) is 0 Å². The van der Waals surface area contributed by atoms with Gasteiger partial charge in [-0.2, -0.15) is 5.26 Å². The number of fused-ring (bicyclic) bond motifs is 1. The number of anilines is 1. The molecule has 0 aliphatic heterocycles. The number of carbonyl (C=O) groups excluding carboxylic acids is 1. The third-order valence-corrected chi connectivity index (χ3v) is 5.56. The second-order valence-electron chi connectivity index (χ2n) is 7.69. The van der Waals surface area contributed by atoms with E-state index in [-0.39, 0.29) is 5.57 Å². The number of rotatable bonds is 8. The molecule has 0 atom stereocenters. The summed E-state index contributed by atoms with van der Waals surface area (Å²) in [5.74, 6) is 0.689. The number of nitrogens with one attached hydrogen (secondary N) is 1. The van der Waals surface area contributed by atoms with Crippen LogP contribution < -0.4 is 14.8 Å². The van der Waals surface area contributed by atoms with Gasteiger partial charge in [0.2, 0.25) is 0 Å². The largest absolute Gasteiger partial charge is 0.494 e. The number of nitriles is 1. The minimum atomic E-state index is -0.531. The lowest BCUT2D eigenvalue weighted by Gasteiger charge is -2.12. The van der Waals surface area contributed by atoms with Crippen molar-refractivity contribution >= 4 is 40.0 Å². The van der Waals surface area contributed by atoms with Crippen molar-refractivity contribution in [2.45, 2.75) is 13.5 Å². The van der Waals surface area contributed by atoms with Crippen LogP contribution in [0.5, 0.6) is 11.5 Å². The third kappa shape index (κ3) is 6.00. The molecule has 0 saturated heterocycles. The van der Waals surface area contributed by atoms with E-state index in [2.05, 4.69) is 23.5 Å². The molecule has 174 valence electrons. The van der Waals surface area contributed by atoms with Gasteiger partial charge in [0, 0.05) is 16.3 Å². The van der Waals surface area contributed by atoms with Crippen LogP contribution in [0.1, 0.15) is 18.1 Å². The predicted octanol–water partition coefficient (Wildman–Crippen LogP) is 7.02. The van der Waals surface area contributed by atoms with Crippen molar-refractivity contribution in [2.24, 2.45) is 0 Å². The van der Waals surface area contributed by atoms with Crippen LogP contribution in [0.2, 0.25) is 5.02 Å². The lowest BCUT2D eigenvalue weighted by molar-refractivity contribution is -0.112. The first-order valence-corrected chi connectivity index (χ1v) is 11.5. The number of hydrogen-bond donors (Lipinski definition) is 1. The molecular formula is C29H23ClN2O3. The molecule has 6 heteroatoms. The summed E-state index contributed by atoms with van der Waals surface area (Å²) in [5, 5.41) is 15.1. The highest BCUT2D eigenvalue weighted by molar-refractivity contribution is 6.30. The van der Waals surface area contributed by atoms with Crippen LogP contribution >= 0.6 is 11.6 Å². The maximum atomic E-state index is 12.8. The van der Waals surface area contributed by atoms with Crippen molar-refractivity contribution in [3.05, 3.63) is 107 Å². The average molecular weight is 483 g/mol. The van der Waals surface area contributed by atoms with Gasteiger partial charge in [0.05, 0.1) is 6.61 Å². The van der Waals surface area contributed by atoms with E-state index < -0.39 is 5.91 Å². The fourth-order valence-corrected chi connectivity index (χ4v) is 3.82. The summed E-state index contributed by atoms with van der Waals surface area (Å²) in [6, 6.07) is 28.2. The molecule has 35 heavy (non-hydrogen) atoms. The molecule has 0 aromatic heterocycles. The Morgan fingerprint density at radius 2 is 1.77 bits per heavy atom. The quantitative estimate of drug-likeness (QED) is 0.216. The Labute approximate surface area is 209 Å². The number of nitrogens with zero attached hydrogens (tertiary/aromatic N) is 1. The molecule has 1 amide bonds. The van der Waals surface area contributed by atoms with Crippen molar-refractivity contribution < 1.29 is 14.3 Å². The van der Waals surface area contributed by atoms with Gasteiger partial charge in [-0.1, -0.05) is 54.1 Å². The van der Waals surface area contributed by atoms with E-state index in [0.29, 0.717) is 41.0 Å². The molecule has 0 radical (unpaired) electrons. The zero-order valence-electron chi connectivity index (χ0n) is 19.1. The monoisotopic (exact) mass is 482 g/mol. The zero-order chi connectivity index (χ0) is 24.6. The van der Waals surface area contributed by atoms with Gasteiger partial charge in [0.25, 0.3) is 5.91 Å². The van der Waals surface area contributed by atoms with Gasteiger partial charge in [0.1, 0.15) is 29.7 Å². The molecule has 0 unspecified atom stereocenters. The summed E-state index contributed by atoms with van der Waals surface area (Å²) < 4.78 is 11.5. The van der Waals surface area contributed by atoms with Crippen LogP contribution in [0, 0.1) is 11.3 Å². The highest BCUT2D eigenvalue weighted by Crippen LogP contribution is 2.28. The summed E-state index contributed by atoms with van der Waals surface area (Å²) in [6.07, 6.45) is 1.48. The van der Waals surface area contributed by atoms with E-state index in [9.17, 15) is 10.1 Å². The standard InChI is InChI=1S/C29H23ClN2O3/c1-2-34-26-13-11-25(12-14-26)32-29(33)23(18-31)16-22-17-24(30)10-15-28(22)35-19-21-8-5-7-20-6-3-4-9-27(20)21/h3-17H,2,19H2,1H3,(H,32,33)/b23-16+. The minimum Gasteiger partial charge on any atom is -0.494 e. The maximum Gasteiger partial charge on any atom is 0.266 e. The highest BCUT2D eigenvalue weighted by Gasteiger charge is 2.13. The first kappa shape index (κ1) is 23.9. The number of halogens is 1. The highest BCUT2D eigenvalue weighted by atomic mass is 35.5. The van der Waals surface area contributed by atoms with Crippen molar-refractivity contribution in [3.63, 3.8) is 0 Å². The summed E-state index contributed by atoms with van der Waals surface area (Å²) in [5.41, 5.74) is 2.05. The van der Waals surface area contributed by atoms with E-state index in [1.54, 1.807) is 42.5 Å². The molecule has 0 fully saturated rings. The first-order chi connectivity index (χ1) is 17.1. The van der Waals surface area contributed by atoms with Gasteiger partial charge < -0.3 is 14.8 Å². The Morgan fingerprint density at radius 1 is 1.00 bits per heavy atom. The number of hydrogen-bond acceptors (Lipinski definition) is 4. The number of benzene rings is 4. The smallest absolute Gasteiger partial charge is 0.266 e. The van der Waals surface area contributed by atoms with Gasteiger partial charge in [-0.05, 0) is 71.8 Å². The van der Waals surface area contributed by atoms with Crippen LogP contribution in [0.15, 0.2) is 90.5 Å². The van der Waals surface area contributed by atoms with Gasteiger partial charge in [-0.15, -0.1) is 0 Å².